The number of halogens is 1. The summed E-state index contributed by atoms with van der Waals surface area (Å²) in [5.74, 6) is 0.797. The van der Waals surface area contributed by atoms with Gasteiger partial charge in [-0.05, 0) is 38.0 Å². The van der Waals surface area contributed by atoms with E-state index in [1.54, 1.807) is 0 Å². The molecular weight excluding hydrogens is 164 g/mol. The van der Waals surface area contributed by atoms with E-state index < -0.39 is 5.43 Å². The molecular formula is C8H11ClO2. The monoisotopic (exact) mass is 174 g/mol. The highest BCUT2D eigenvalue weighted by molar-refractivity contribution is 6.61. The van der Waals surface area contributed by atoms with Crippen molar-refractivity contribution in [2.24, 2.45) is 5.92 Å². The van der Waals surface area contributed by atoms with E-state index in [2.05, 4.69) is 0 Å². The van der Waals surface area contributed by atoms with Gasteiger partial charge in [0.25, 0.3) is 0 Å². The zero-order chi connectivity index (χ0) is 7.90. The summed E-state index contributed by atoms with van der Waals surface area (Å²) >= 11 is 5.18. The Morgan fingerprint density at radius 3 is 2.45 bits per heavy atom. The van der Waals surface area contributed by atoms with Crippen LogP contribution in [0.2, 0.25) is 0 Å². The molecule has 11 heavy (non-hydrogen) atoms. The molecule has 0 heterocycles. The van der Waals surface area contributed by atoms with Gasteiger partial charge < -0.3 is 4.74 Å². The highest BCUT2D eigenvalue weighted by Gasteiger charge is 2.47. The lowest BCUT2D eigenvalue weighted by molar-refractivity contribution is 0.0356. The average molecular weight is 175 g/mol. The van der Waals surface area contributed by atoms with E-state index >= 15 is 0 Å². The third kappa shape index (κ3) is 1.24. The molecule has 2 aliphatic rings. The third-order valence-corrected chi connectivity index (χ3v) is 3.05. The van der Waals surface area contributed by atoms with Crippen molar-refractivity contribution in [2.75, 3.05) is 0 Å². The Hall–Kier alpha value is -0.240. The second-order valence-corrected chi connectivity index (χ2v) is 3.98. The maximum atomic E-state index is 10.5. The molecule has 2 rings (SSSR count). The van der Waals surface area contributed by atoms with Gasteiger partial charge in [-0.15, -0.1) is 0 Å². The van der Waals surface area contributed by atoms with Crippen LogP contribution in [0.25, 0.3) is 0 Å². The van der Waals surface area contributed by atoms with E-state index in [0.29, 0.717) is 0 Å². The van der Waals surface area contributed by atoms with Crippen LogP contribution in [0.15, 0.2) is 0 Å². The fourth-order valence-electron chi connectivity index (χ4n) is 2.45. The van der Waals surface area contributed by atoms with Crippen molar-refractivity contribution in [3.8, 4) is 0 Å². The summed E-state index contributed by atoms with van der Waals surface area (Å²) in [4.78, 5) is 10.5. The lowest BCUT2D eigenvalue weighted by Crippen LogP contribution is -2.27. The standard InChI is InChI=1S/C8H11ClO2/c9-7(10)11-8-3-1-6(5-8)2-4-8/h6H,1-5H2. The van der Waals surface area contributed by atoms with Crippen molar-refractivity contribution in [1.29, 1.82) is 0 Å². The minimum absolute atomic E-state index is 0.149. The smallest absolute Gasteiger partial charge is 0.404 e. The fraction of sp³-hybridized carbons (Fsp3) is 0.875. The molecule has 0 atom stereocenters. The van der Waals surface area contributed by atoms with Crippen LogP contribution in [0.4, 0.5) is 4.79 Å². The quantitative estimate of drug-likeness (QED) is 0.572. The number of fused-ring (bicyclic) bond motifs is 2. The van der Waals surface area contributed by atoms with Gasteiger partial charge in [0.05, 0.1) is 0 Å². The van der Waals surface area contributed by atoms with Crippen LogP contribution >= 0.6 is 11.6 Å². The molecule has 2 bridgehead atoms. The van der Waals surface area contributed by atoms with Gasteiger partial charge in [-0.1, -0.05) is 0 Å². The van der Waals surface area contributed by atoms with Crippen LogP contribution in [0, 0.1) is 5.92 Å². The van der Waals surface area contributed by atoms with Crippen LogP contribution in [0.3, 0.4) is 0 Å². The lowest BCUT2D eigenvalue weighted by atomic mass is 9.97. The number of carbonyl (C=O) groups is 1. The first-order valence-electron chi connectivity index (χ1n) is 4.09. The maximum absolute atomic E-state index is 10.5. The molecule has 0 aromatic heterocycles. The summed E-state index contributed by atoms with van der Waals surface area (Å²) in [6, 6.07) is 0. The molecule has 0 unspecified atom stereocenters. The Morgan fingerprint density at radius 2 is 2.09 bits per heavy atom. The summed E-state index contributed by atoms with van der Waals surface area (Å²) in [7, 11) is 0. The predicted octanol–water partition coefficient (Wildman–Crippen LogP) is 2.69. The van der Waals surface area contributed by atoms with Crippen LogP contribution in [-0.2, 0) is 4.74 Å². The second kappa shape index (κ2) is 2.37. The molecule has 0 aromatic rings. The van der Waals surface area contributed by atoms with Crippen molar-refractivity contribution in [3.05, 3.63) is 0 Å². The summed E-state index contributed by atoms with van der Waals surface area (Å²) in [5.41, 5.74) is -0.781. The largest absolute Gasteiger partial charge is 0.447 e. The SMILES string of the molecule is O=C(Cl)OC12CCC(CC1)C2. The Kier molecular flexibility index (Phi) is 1.60. The summed E-state index contributed by atoms with van der Waals surface area (Å²) < 4.78 is 5.12. The summed E-state index contributed by atoms with van der Waals surface area (Å²) in [5, 5.41) is 0. The number of hydrogen-bond acceptors (Lipinski definition) is 2. The molecule has 3 heteroatoms. The van der Waals surface area contributed by atoms with Crippen LogP contribution < -0.4 is 0 Å². The zero-order valence-electron chi connectivity index (χ0n) is 6.31. The van der Waals surface area contributed by atoms with Crippen molar-refractivity contribution in [1.82, 2.24) is 0 Å². The van der Waals surface area contributed by atoms with E-state index in [0.717, 1.165) is 25.2 Å². The number of ether oxygens (including phenoxy) is 1. The average Bonchev–Trinajstić information content (AvgIpc) is 2.43. The van der Waals surface area contributed by atoms with E-state index in [-0.39, 0.29) is 5.60 Å². The first-order chi connectivity index (χ1) is 5.20. The number of carbonyl (C=O) groups excluding carboxylic acids is 1. The highest BCUT2D eigenvalue weighted by atomic mass is 35.5. The molecule has 0 aromatic carbocycles. The van der Waals surface area contributed by atoms with Gasteiger partial charge in [0.1, 0.15) is 5.60 Å². The van der Waals surface area contributed by atoms with Crippen molar-refractivity contribution in [2.45, 2.75) is 37.7 Å². The van der Waals surface area contributed by atoms with Crippen molar-refractivity contribution in [3.63, 3.8) is 0 Å². The van der Waals surface area contributed by atoms with E-state index in [1.807, 2.05) is 0 Å². The fourth-order valence-corrected chi connectivity index (χ4v) is 2.62. The molecule has 0 amide bonds. The molecule has 2 fully saturated rings. The first-order valence-corrected chi connectivity index (χ1v) is 4.46. The minimum Gasteiger partial charge on any atom is -0.447 e. The molecule has 2 saturated carbocycles. The van der Waals surface area contributed by atoms with Gasteiger partial charge in [0.15, 0.2) is 0 Å². The molecule has 0 saturated heterocycles. The molecule has 2 nitrogen and oxygen atoms in total. The Bertz CT molecular complexity index is 183. The van der Waals surface area contributed by atoms with Gasteiger partial charge in [-0.2, -0.15) is 0 Å². The third-order valence-electron chi connectivity index (χ3n) is 2.97. The summed E-state index contributed by atoms with van der Waals surface area (Å²) in [6.45, 7) is 0. The van der Waals surface area contributed by atoms with Gasteiger partial charge in [0, 0.05) is 11.6 Å². The van der Waals surface area contributed by atoms with Gasteiger partial charge >= 0.3 is 5.43 Å². The number of hydrogen-bond donors (Lipinski definition) is 0. The predicted molar refractivity (Wildman–Crippen MR) is 41.6 cm³/mol. The molecule has 0 radical (unpaired) electrons. The van der Waals surface area contributed by atoms with E-state index in [9.17, 15) is 4.79 Å². The molecule has 62 valence electrons. The maximum Gasteiger partial charge on any atom is 0.404 e. The highest BCUT2D eigenvalue weighted by Crippen LogP contribution is 2.50. The molecule has 2 aliphatic carbocycles. The van der Waals surface area contributed by atoms with Crippen LogP contribution in [0.5, 0.6) is 0 Å². The minimum atomic E-state index is -0.632. The molecule has 0 N–H and O–H groups in total. The topological polar surface area (TPSA) is 26.3 Å². The van der Waals surface area contributed by atoms with Crippen LogP contribution in [-0.4, -0.2) is 11.0 Å². The van der Waals surface area contributed by atoms with Crippen LogP contribution in [0.1, 0.15) is 32.1 Å². The Morgan fingerprint density at radius 1 is 1.45 bits per heavy atom. The Labute approximate surface area is 70.9 Å². The first kappa shape index (κ1) is 7.41. The molecule has 0 aliphatic heterocycles. The number of rotatable bonds is 1. The van der Waals surface area contributed by atoms with Gasteiger partial charge in [-0.25, -0.2) is 4.79 Å². The van der Waals surface area contributed by atoms with E-state index in [1.165, 1.54) is 12.8 Å². The van der Waals surface area contributed by atoms with Crippen molar-refractivity contribution < 1.29 is 9.53 Å². The van der Waals surface area contributed by atoms with Gasteiger partial charge in [-0.3, -0.25) is 0 Å². The molecule has 0 spiro atoms. The Balaban J connectivity index is 2.05. The second-order valence-electron chi connectivity index (χ2n) is 3.67. The van der Waals surface area contributed by atoms with Crippen molar-refractivity contribution >= 4 is 17.0 Å². The van der Waals surface area contributed by atoms with Gasteiger partial charge in [0.2, 0.25) is 0 Å². The lowest BCUT2D eigenvalue weighted by Gasteiger charge is -2.24. The normalized spacial score (nSPS) is 41.0. The van der Waals surface area contributed by atoms with E-state index in [4.69, 9.17) is 16.3 Å². The summed E-state index contributed by atoms with van der Waals surface area (Å²) in [6.07, 6.45) is 5.52. The zero-order valence-corrected chi connectivity index (χ0v) is 7.06.